The Morgan fingerprint density at radius 2 is 1.95 bits per heavy atom. The molecule has 1 aromatic heterocycles. The van der Waals surface area contributed by atoms with Crippen molar-refractivity contribution in [3.05, 3.63) is 55.2 Å². The molecule has 1 unspecified atom stereocenters. The van der Waals surface area contributed by atoms with Crippen LogP contribution in [0.3, 0.4) is 0 Å². The van der Waals surface area contributed by atoms with Crippen molar-refractivity contribution in [3.63, 3.8) is 0 Å². The van der Waals surface area contributed by atoms with Gasteiger partial charge in [-0.2, -0.15) is 11.8 Å². The Hall–Kier alpha value is -0.480. The van der Waals surface area contributed by atoms with Crippen LogP contribution in [0.25, 0.3) is 0 Å². The van der Waals surface area contributed by atoms with Gasteiger partial charge in [0.1, 0.15) is 0 Å². The molecule has 2 aromatic rings. The standard InChI is InChI=1S/C17H20ClNS2/c1-10-6-13(14(18)7-11(10)2)17(19-3)16-8-12-9-20-5-4-15(12)21-16/h6-8,17,19H,4-5,9H2,1-3H3. The summed E-state index contributed by atoms with van der Waals surface area (Å²) in [7, 11) is 2.02. The fourth-order valence-corrected chi connectivity index (χ4v) is 5.62. The fourth-order valence-electron chi connectivity index (χ4n) is 2.79. The number of thiophene rings is 1. The summed E-state index contributed by atoms with van der Waals surface area (Å²) in [6.45, 7) is 4.26. The van der Waals surface area contributed by atoms with Crippen LogP contribution in [0, 0.1) is 13.8 Å². The van der Waals surface area contributed by atoms with Crippen LogP contribution in [0.5, 0.6) is 0 Å². The molecule has 4 heteroatoms. The van der Waals surface area contributed by atoms with Gasteiger partial charge in [-0.15, -0.1) is 11.3 Å². The Kier molecular flexibility index (Phi) is 4.65. The highest BCUT2D eigenvalue weighted by Gasteiger charge is 2.21. The Morgan fingerprint density at radius 3 is 2.67 bits per heavy atom. The molecular weight excluding hydrogens is 318 g/mol. The van der Waals surface area contributed by atoms with E-state index in [0.29, 0.717) is 0 Å². The molecule has 0 amide bonds. The van der Waals surface area contributed by atoms with Gasteiger partial charge in [-0.05, 0) is 67.5 Å². The lowest BCUT2D eigenvalue weighted by Gasteiger charge is -2.18. The van der Waals surface area contributed by atoms with Crippen molar-refractivity contribution < 1.29 is 0 Å². The molecule has 0 radical (unpaired) electrons. The van der Waals surface area contributed by atoms with Gasteiger partial charge >= 0.3 is 0 Å². The Labute approximate surface area is 140 Å². The van der Waals surface area contributed by atoms with Gasteiger partial charge in [-0.3, -0.25) is 0 Å². The summed E-state index contributed by atoms with van der Waals surface area (Å²) < 4.78 is 0. The molecule has 0 bridgehead atoms. The van der Waals surface area contributed by atoms with Crippen LogP contribution >= 0.6 is 34.7 Å². The predicted molar refractivity (Wildman–Crippen MR) is 96.0 cm³/mol. The highest BCUT2D eigenvalue weighted by atomic mass is 35.5. The van der Waals surface area contributed by atoms with Crippen molar-refractivity contribution in [2.45, 2.75) is 32.1 Å². The first-order valence-corrected chi connectivity index (χ1v) is 9.58. The molecule has 0 spiro atoms. The highest BCUT2D eigenvalue weighted by Crippen LogP contribution is 2.38. The summed E-state index contributed by atoms with van der Waals surface area (Å²) in [5.41, 5.74) is 5.26. The average molecular weight is 338 g/mol. The van der Waals surface area contributed by atoms with Crippen LogP contribution in [-0.2, 0) is 12.2 Å². The number of nitrogens with one attached hydrogen (secondary N) is 1. The van der Waals surface area contributed by atoms with E-state index in [4.69, 9.17) is 11.6 Å². The Bertz CT molecular complexity index is 640. The number of aryl methyl sites for hydroxylation is 3. The number of rotatable bonds is 3. The third-order valence-electron chi connectivity index (χ3n) is 4.14. The zero-order valence-electron chi connectivity index (χ0n) is 12.6. The monoisotopic (exact) mass is 337 g/mol. The van der Waals surface area contributed by atoms with Gasteiger partial charge in [0.25, 0.3) is 0 Å². The minimum Gasteiger partial charge on any atom is -0.309 e. The molecule has 21 heavy (non-hydrogen) atoms. The summed E-state index contributed by atoms with van der Waals surface area (Å²) in [6, 6.07) is 6.88. The van der Waals surface area contributed by atoms with Crippen molar-refractivity contribution in [2.75, 3.05) is 12.8 Å². The van der Waals surface area contributed by atoms with E-state index >= 15 is 0 Å². The third-order valence-corrected chi connectivity index (χ3v) is 6.78. The zero-order valence-corrected chi connectivity index (χ0v) is 15.0. The van der Waals surface area contributed by atoms with E-state index in [9.17, 15) is 0 Å². The van der Waals surface area contributed by atoms with Crippen molar-refractivity contribution in [1.82, 2.24) is 5.32 Å². The molecule has 0 aliphatic carbocycles. The van der Waals surface area contributed by atoms with E-state index in [0.717, 1.165) is 10.8 Å². The van der Waals surface area contributed by atoms with E-state index in [-0.39, 0.29) is 6.04 Å². The number of hydrogen-bond donors (Lipinski definition) is 1. The van der Waals surface area contributed by atoms with E-state index in [2.05, 4.69) is 37.4 Å². The molecule has 1 atom stereocenters. The average Bonchev–Trinajstić information content (AvgIpc) is 2.88. The maximum atomic E-state index is 6.51. The van der Waals surface area contributed by atoms with Crippen LogP contribution in [-0.4, -0.2) is 12.8 Å². The van der Waals surface area contributed by atoms with Crippen LogP contribution in [0.2, 0.25) is 5.02 Å². The molecule has 0 saturated heterocycles. The van der Waals surface area contributed by atoms with Crippen LogP contribution in [0.1, 0.15) is 38.0 Å². The Morgan fingerprint density at radius 1 is 1.19 bits per heavy atom. The van der Waals surface area contributed by atoms with E-state index in [1.165, 1.54) is 39.3 Å². The molecule has 3 rings (SSSR count). The number of halogens is 1. The van der Waals surface area contributed by atoms with Gasteiger partial charge in [-0.1, -0.05) is 17.7 Å². The van der Waals surface area contributed by atoms with Gasteiger partial charge in [0.15, 0.2) is 0 Å². The molecule has 1 aromatic carbocycles. The molecular formula is C17H20ClNS2. The number of benzene rings is 1. The number of fused-ring (bicyclic) bond motifs is 1. The topological polar surface area (TPSA) is 12.0 Å². The molecule has 1 N–H and O–H groups in total. The second-order valence-electron chi connectivity index (χ2n) is 5.58. The minimum atomic E-state index is 0.192. The minimum absolute atomic E-state index is 0.192. The predicted octanol–water partition coefficient (Wildman–Crippen LogP) is 5.12. The van der Waals surface area contributed by atoms with E-state index in [1.54, 1.807) is 4.88 Å². The lowest BCUT2D eigenvalue weighted by Crippen LogP contribution is -2.17. The second-order valence-corrected chi connectivity index (χ2v) is 8.26. The van der Waals surface area contributed by atoms with Crippen molar-refractivity contribution in [1.29, 1.82) is 0 Å². The molecule has 0 saturated carbocycles. The molecule has 0 fully saturated rings. The molecule has 2 heterocycles. The lowest BCUT2D eigenvalue weighted by atomic mass is 9.99. The van der Waals surface area contributed by atoms with Gasteiger partial charge in [0, 0.05) is 20.5 Å². The molecule has 1 nitrogen and oxygen atoms in total. The summed E-state index contributed by atoms with van der Waals surface area (Å²) >= 11 is 10.5. The first-order valence-electron chi connectivity index (χ1n) is 7.23. The Balaban J connectivity index is 2.02. The molecule has 112 valence electrons. The van der Waals surface area contributed by atoms with Crippen molar-refractivity contribution >= 4 is 34.7 Å². The van der Waals surface area contributed by atoms with E-state index in [1.807, 2.05) is 30.1 Å². The summed E-state index contributed by atoms with van der Waals surface area (Å²) in [5, 5.41) is 4.31. The van der Waals surface area contributed by atoms with Gasteiger partial charge in [-0.25, -0.2) is 0 Å². The second kappa shape index (κ2) is 6.33. The first-order chi connectivity index (χ1) is 10.1. The maximum absolute atomic E-state index is 6.51. The number of hydrogen-bond acceptors (Lipinski definition) is 3. The smallest absolute Gasteiger partial charge is 0.0683 e. The third kappa shape index (κ3) is 3.02. The van der Waals surface area contributed by atoms with Crippen LogP contribution < -0.4 is 5.32 Å². The largest absolute Gasteiger partial charge is 0.309 e. The summed E-state index contributed by atoms with van der Waals surface area (Å²) in [6.07, 6.45) is 1.21. The summed E-state index contributed by atoms with van der Waals surface area (Å²) in [4.78, 5) is 2.94. The van der Waals surface area contributed by atoms with E-state index < -0.39 is 0 Å². The maximum Gasteiger partial charge on any atom is 0.0683 e. The normalized spacial score (nSPS) is 15.8. The molecule has 1 aliphatic heterocycles. The van der Waals surface area contributed by atoms with Crippen LogP contribution in [0.4, 0.5) is 0 Å². The summed E-state index contributed by atoms with van der Waals surface area (Å²) in [5.74, 6) is 2.41. The van der Waals surface area contributed by atoms with Crippen LogP contribution in [0.15, 0.2) is 18.2 Å². The highest BCUT2D eigenvalue weighted by molar-refractivity contribution is 7.98. The van der Waals surface area contributed by atoms with Gasteiger partial charge in [0.05, 0.1) is 6.04 Å². The van der Waals surface area contributed by atoms with Gasteiger partial charge < -0.3 is 5.32 Å². The zero-order chi connectivity index (χ0) is 15.0. The van der Waals surface area contributed by atoms with Crippen molar-refractivity contribution in [3.8, 4) is 0 Å². The molecule has 1 aliphatic rings. The fraction of sp³-hybridized carbons (Fsp3) is 0.412. The van der Waals surface area contributed by atoms with Crippen molar-refractivity contribution in [2.24, 2.45) is 0 Å². The van der Waals surface area contributed by atoms with Gasteiger partial charge in [0.2, 0.25) is 0 Å². The SMILES string of the molecule is CNC(c1cc2c(s1)CCSC2)c1cc(C)c(C)cc1Cl. The first kappa shape index (κ1) is 15.4. The number of thioether (sulfide) groups is 1. The quantitative estimate of drug-likeness (QED) is 0.834. The lowest BCUT2D eigenvalue weighted by molar-refractivity contribution is 0.703.